The third-order valence-electron chi connectivity index (χ3n) is 3.63. The maximum atomic E-state index is 11.4. The Morgan fingerprint density at radius 2 is 2.27 bits per heavy atom. The number of ether oxygens (including phenoxy) is 1. The molecule has 1 amide bonds. The van der Waals surface area contributed by atoms with Crippen molar-refractivity contribution in [1.29, 1.82) is 0 Å². The number of amides is 1. The molecule has 3 unspecified atom stereocenters. The molecule has 3 nitrogen and oxygen atoms in total. The summed E-state index contributed by atoms with van der Waals surface area (Å²) in [7, 11) is 8.01. The lowest BCUT2D eigenvalue weighted by atomic mass is 9.62. The molecule has 1 heterocycles. The van der Waals surface area contributed by atoms with E-state index in [1.807, 2.05) is 7.05 Å². The van der Waals surface area contributed by atoms with E-state index in [0.717, 1.165) is 32.1 Å². The van der Waals surface area contributed by atoms with Gasteiger partial charge in [0, 0.05) is 7.05 Å². The van der Waals surface area contributed by atoms with Crippen molar-refractivity contribution in [3.8, 4) is 0 Å². The van der Waals surface area contributed by atoms with Crippen LogP contribution >= 0.6 is 0 Å². The number of rotatable bonds is 0. The Hall–Kier alpha value is -0.665. The first-order valence-electron chi connectivity index (χ1n) is 5.72. The minimum Gasteiger partial charge on any atom is -0.444 e. The second kappa shape index (κ2) is 3.73. The van der Waals surface area contributed by atoms with Crippen molar-refractivity contribution >= 4 is 13.9 Å². The fourth-order valence-electron chi connectivity index (χ4n) is 2.68. The third-order valence-corrected chi connectivity index (χ3v) is 3.63. The monoisotopic (exact) mass is 207 g/mol. The highest BCUT2D eigenvalue weighted by Crippen LogP contribution is 2.40. The van der Waals surface area contributed by atoms with Gasteiger partial charge in [-0.2, -0.15) is 0 Å². The molecule has 0 aromatic rings. The van der Waals surface area contributed by atoms with Crippen molar-refractivity contribution in [1.82, 2.24) is 4.90 Å². The number of hydrogen-bond acceptors (Lipinski definition) is 2. The predicted molar refractivity (Wildman–Crippen MR) is 59.0 cm³/mol. The zero-order chi connectivity index (χ0) is 11.1. The second-order valence-electron chi connectivity index (χ2n) is 5.20. The van der Waals surface area contributed by atoms with E-state index in [1.54, 1.807) is 4.90 Å². The Kier molecular flexibility index (Phi) is 2.69. The fraction of sp³-hybridized carbons (Fsp3) is 0.909. The van der Waals surface area contributed by atoms with Crippen molar-refractivity contribution in [2.24, 2.45) is 0 Å². The summed E-state index contributed by atoms with van der Waals surface area (Å²) in [6.45, 7) is 2.06. The highest BCUT2D eigenvalue weighted by Gasteiger charge is 2.42. The zero-order valence-corrected chi connectivity index (χ0v) is 9.53. The molecular formula is C11H18BNO2. The van der Waals surface area contributed by atoms with Crippen molar-refractivity contribution in [3.63, 3.8) is 0 Å². The summed E-state index contributed by atoms with van der Waals surface area (Å²) in [4.78, 5) is 13.2. The van der Waals surface area contributed by atoms with Crippen molar-refractivity contribution in [3.05, 3.63) is 0 Å². The van der Waals surface area contributed by atoms with E-state index in [2.05, 4.69) is 6.92 Å². The summed E-state index contributed by atoms with van der Waals surface area (Å²) in [5.74, 6) is 0. The van der Waals surface area contributed by atoms with Gasteiger partial charge in [-0.1, -0.05) is 31.5 Å². The summed E-state index contributed by atoms with van der Waals surface area (Å²) in [5.41, 5.74) is 0. The molecule has 15 heavy (non-hydrogen) atoms. The minimum absolute atomic E-state index is 0.00204. The third kappa shape index (κ3) is 2.13. The van der Waals surface area contributed by atoms with E-state index in [0.29, 0.717) is 0 Å². The SMILES string of the molecule is [B]C1(C)CCCCC2C(C1)OC(=O)N2C. The molecule has 82 valence electrons. The van der Waals surface area contributed by atoms with E-state index < -0.39 is 0 Å². The Bertz CT molecular complexity index is 267. The van der Waals surface area contributed by atoms with Crippen molar-refractivity contribution < 1.29 is 9.53 Å². The number of hydrogen-bond donors (Lipinski definition) is 0. The topological polar surface area (TPSA) is 29.5 Å². The van der Waals surface area contributed by atoms with Crippen LogP contribution in [0.1, 0.15) is 39.0 Å². The zero-order valence-electron chi connectivity index (χ0n) is 9.53. The molecule has 0 bridgehead atoms. The van der Waals surface area contributed by atoms with E-state index in [1.165, 1.54) is 0 Å². The molecule has 1 saturated heterocycles. The first-order valence-corrected chi connectivity index (χ1v) is 5.72. The maximum Gasteiger partial charge on any atom is 0.410 e. The molecule has 0 aromatic heterocycles. The van der Waals surface area contributed by atoms with Crippen LogP contribution in [0.3, 0.4) is 0 Å². The van der Waals surface area contributed by atoms with Gasteiger partial charge in [-0.15, -0.1) is 0 Å². The molecule has 3 atom stereocenters. The second-order valence-corrected chi connectivity index (χ2v) is 5.20. The first-order chi connectivity index (χ1) is 6.99. The van der Waals surface area contributed by atoms with Gasteiger partial charge in [-0.05, 0) is 12.8 Å². The standard InChI is InChI=1S/C11H18BNO2/c1-11(12)6-4-3-5-8-9(7-11)15-10(14)13(8)2/h8-9H,3-7H2,1-2H3. The summed E-state index contributed by atoms with van der Waals surface area (Å²) in [5, 5.41) is -0.186. The molecule has 1 aliphatic heterocycles. The van der Waals surface area contributed by atoms with E-state index in [9.17, 15) is 4.79 Å². The molecule has 1 aliphatic carbocycles. The van der Waals surface area contributed by atoms with Gasteiger partial charge < -0.3 is 9.64 Å². The number of nitrogens with zero attached hydrogens (tertiary/aromatic N) is 1. The molecule has 2 aliphatic rings. The molecule has 4 heteroatoms. The van der Waals surface area contributed by atoms with Gasteiger partial charge in [-0.25, -0.2) is 4.79 Å². The molecule has 2 radical (unpaired) electrons. The molecule has 2 rings (SSSR count). The Morgan fingerprint density at radius 3 is 3.00 bits per heavy atom. The first kappa shape index (κ1) is 10.8. The molecular weight excluding hydrogens is 189 g/mol. The summed E-state index contributed by atoms with van der Waals surface area (Å²) in [6, 6.07) is 0.237. The smallest absolute Gasteiger partial charge is 0.410 e. The van der Waals surface area contributed by atoms with Gasteiger partial charge in [0.2, 0.25) is 0 Å². The van der Waals surface area contributed by atoms with Gasteiger partial charge >= 0.3 is 6.09 Å². The number of fused-ring (bicyclic) bond motifs is 1. The normalized spacial score (nSPS) is 41.7. The lowest BCUT2D eigenvalue weighted by Gasteiger charge is -2.33. The molecule has 2 fully saturated rings. The van der Waals surface area contributed by atoms with Crippen LogP contribution in [0.15, 0.2) is 0 Å². The van der Waals surface area contributed by atoms with E-state index in [-0.39, 0.29) is 23.6 Å². The summed E-state index contributed by atoms with van der Waals surface area (Å²) in [6.07, 6.45) is 4.95. The molecule has 0 aromatic carbocycles. The van der Waals surface area contributed by atoms with Gasteiger partial charge in [0.25, 0.3) is 0 Å². The lowest BCUT2D eigenvalue weighted by Crippen LogP contribution is -2.36. The molecule has 1 saturated carbocycles. The lowest BCUT2D eigenvalue weighted by molar-refractivity contribution is 0.111. The van der Waals surface area contributed by atoms with Crippen molar-refractivity contribution in [2.45, 2.75) is 56.5 Å². The maximum absolute atomic E-state index is 11.4. The number of carbonyl (C=O) groups excluding carboxylic acids is 1. The highest BCUT2D eigenvalue weighted by atomic mass is 16.6. The fourth-order valence-corrected chi connectivity index (χ4v) is 2.68. The van der Waals surface area contributed by atoms with Gasteiger partial charge in [0.15, 0.2) is 0 Å². The quantitative estimate of drug-likeness (QED) is 0.569. The van der Waals surface area contributed by atoms with Gasteiger partial charge in [0.1, 0.15) is 6.10 Å². The van der Waals surface area contributed by atoms with Crippen LogP contribution in [0.4, 0.5) is 4.79 Å². The van der Waals surface area contributed by atoms with Crippen LogP contribution in [-0.2, 0) is 4.74 Å². The van der Waals surface area contributed by atoms with Crippen molar-refractivity contribution in [2.75, 3.05) is 7.05 Å². The van der Waals surface area contributed by atoms with Gasteiger partial charge in [0.05, 0.1) is 13.9 Å². The Labute approximate surface area is 92.6 Å². The number of likely N-dealkylation sites (N-methyl/N-ethyl adjacent to an activating group) is 1. The Morgan fingerprint density at radius 1 is 1.53 bits per heavy atom. The highest BCUT2D eigenvalue weighted by molar-refractivity contribution is 6.14. The average molecular weight is 207 g/mol. The Balaban J connectivity index is 2.13. The van der Waals surface area contributed by atoms with Crippen LogP contribution in [0.25, 0.3) is 0 Å². The van der Waals surface area contributed by atoms with E-state index in [4.69, 9.17) is 12.6 Å². The average Bonchev–Trinajstić information content (AvgIpc) is 2.35. The van der Waals surface area contributed by atoms with Crippen LogP contribution in [0.5, 0.6) is 0 Å². The molecule has 0 N–H and O–H groups in total. The largest absolute Gasteiger partial charge is 0.444 e. The minimum atomic E-state index is -0.192. The summed E-state index contributed by atoms with van der Waals surface area (Å²) < 4.78 is 5.36. The van der Waals surface area contributed by atoms with Crippen LogP contribution < -0.4 is 0 Å². The molecule has 0 spiro atoms. The number of carbonyl (C=O) groups is 1. The summed E-state index contributed by atoms with van der Waals surface area (Å²) >= 11 is 0. The van der Waals surface area contributed by atoms with Crippen LogP contribution in [-0.4, -0.2) is 38.0 Å². The predicted octanol–water partition coefficient (Wildman–Crippen LogP) is 2.12. The van der Waals surface area contributed by atoms with Crippen LogP contribution in [0.2, 0.25) is 5.31 Å². The van der Waals surface area contributed by atoms with Gasteiger partial charge in [-0.3, -0.25) is 0 Å². The van der Waals surface area contributed by atoms with E-state index >= 15 is 0 Å². The van der Waals surface area contributed by atoms with Crippen LogP contribution in [0, 0.1) is 0 Å².